The standard InChI is InChI=1S/C14H18N2O2S/c1-3-18-7-4-6-16-14(17)12(10-15)9-13-11(2)5-8-19-13/h5,8-9H,3-4,6-7H2,1-2H3,(H,16,17). The zero-order chi connectivity index (χ0) is 14.1. The molecule has 102 valence electrons. The fraction of sp³-hybridized carbons (Fsp3) is 0.429. The van der Waals surface area contributed by atoms with E-state index >= 15 is 0 Å². The summed E-state index contributed by atoms with van der Waals surface area (Å²) in [6.07, 6.45) is 2.38. The van der Waals surface area contributed by atoms with Crippen molar-refractivity contribution in [2.24, 2.45) is 0 Å². The van der Waals surface area contributed by atoms with Crippen molar-refractivity contribution in [1.29, 1.82) is 5.26 Å². The lowest BCUT2D eigenvalue weighted by Crippen LogP contribution is -2.26. The third-order valence-corrected chi connectivity index (χ3v) is 3.46. The van der Waals surface area contributed by atoms with Crippen LogP contribution in [0.5, 0.6) is 0 Å². The van der Waals surface area contributed by atoms with Gasteiger partial charge in [-0.2, -0.15) is 5.26 Å². The smallest absolute Gasteiger partial charge is 0.261 e. The fourth-order valence-corrected chi connectivity index (χ4v) is 2.29. The summed E-state index contributed by atoms with van der Waals surface area (Å²) < 4.78 is 5.17. The summed E-state index contributed by atoms with van der Waals surface area (Å²) in [5.41, 5.74) is 1.21. The van der Waals surface area contributed by atoms with Crippen LogP contribution in [-0.2, 0) is 9.53 Å². The van der Waals surface area contributed by atoms with Crippen LogP contribution in [0.3, 0.4) is 0 Å². The summed E-state index contributed by atoms with van der Waals surface area (Å²) >= 11 is 1.52. The van der Waals surface area contributed by atoms with E-state index in [9.17, 15) is 4.79 Å². The molecule has 1 N–H and O–H groups in total. The molecule has 0 aromatic carbocycles. The van der Waals surface area contributed by atoms with Crippen LogP contribution in [0.1, 0.15) is 23.8 Å². The minimum atomic E-state index is -0.327. The summed E-state index contributed by atoms with van der Waals surface area (Å²) in [6, 6.07) is 3.91. The molecule has 0 fully saturated rings. The molecule has 1 heterocycles. The van der Waals surface area contributed by atoms with Crippen molar-refractivity contribution in [3.05, 3.63) is 27.5 Å². The first-order valence-electron chi connectivity index (χ1n) is 6.20. The quantitative estimate of drug-likeness (QED) is 0.473. The maximum absolute atomic E-state index is 11.8. The van der Waals surface area contributed by atoms with Gasteiger partial charge in [0.05, 0.1) is 0 Å². The predicted molar refractivity (Wildman–Crippen MR) is 76.8 cm³/mol. The van der Waals surface area contributed by atoms with Crippen molar-refractivity contribution in [3.63, 3.8) is 0 Å². The van der Waals surface area contributed by atoms with E-state index in [1.54, 1.807) is 6.08 Å². The first kappa shape index (κ1) is 15.4. The second kappa shape index (κ2) is 8.46. The third-order valence-electron chi connectivity index (χ3n) is 2.50. The van der Waals surface area contributed by atoms with Gasteiger partial charge in [0.25, 0.3) is 5.91 Å². The number of amides is 1. The van der Waals surface area contributed by atoms with Crippen molar-refractivity contribution in [2.45, 2.75) is 20.3 Å². The van der Waals surface area contributed by atoms with Gasteiger partial charge in [-0.05, 0) is 43.4 Å². The second-order valence-corrected chi connectivity index (χ2v) is 4.89. The van der Waals surface area contributed by atoms with Crippen LogP contribution >= 0.6 is 11.3 Å². The minimum Gasteiger partial charge on any atom is -0.382 e. The number of nitriles is 1. The Bertz CT molecular complexity index is 486. The number of carbonyl (C=O) groups excluding carboxylic acids is 1. The Balaban J connectivity index is 2.51. The highest BCUT2D eigenvalue weighted by Gasteiger charge is 2.09. The molecule has 0 bridgehead atoms. The predicted octanol–water partition coefficient (Wildman–Crippen LogP) is 2.51. The van der Waals surface area contributed by atoms with E-state index < -0.39 is 0 Å². The zero-order valence-electron chi connectivity index (χ0n) is 11.2. The SMILES string of the molecule is CCOCCCNC(=O)C(C#N)=Cc1sccc1C. The van der Waals surface area contributed by atoms with Gasteiger partial charge in [-0.25, -0.2) is 0 Å². The lowest BCUT2D eigenvalue weighted by Gasteiger charge is -2.04. The summed E-state index contributed by atoms with van der Waals surface area (Å²) in [6.45, 7) is 5.69. The molecule has 0 aliphatic heterocycles. The highest BCUT2D eigenvalue weighted by atomic mass is 32.1. The Labute approximate surface area is 117 Å². The molecule has 1 amide bonds. The molecular weight excluding hydrogens is 260 g/mol. The van der Waals surface area contributed by atoms with Gasteiger partial charge in [-0.1, -0.05) is 0 Å². The van der Waals surface area contributed by atoms with Gasteiger partial charge < -0.3 is 10.1 Å². The molecule has 1 aromatic rings. The van der Waals surface area contributed by atoms with Crippen LogP contribution in [0.4, 0.5) is 0 Å². The number of thiophene rings is 1. The molecule has 19 heavy (non-hydrogen) atoms. The maximum Gasteiger partial charge on any atom is 0.261 e. The van der Waals surface area contributed by atoms with Crippen LogP contribution in [0.25, 0.3) is 6.08 Å². The number of carbonyl (C=O) groups is 1. The largest absolute Gasteiger partial charge is 0.382 e. The average molecular weight is 278 g/mol. The lowest BCUT2D eigenvalue weighted by atomic mass is 10.2. The molecule has 0 atom stereocenters. The molecule has 0 radical (unpaired) electrons. The van der Waals surface area contributed by atoms with Crippen LogP contribution in [0.2, 0.25) is 0 Å². The first-order valence-corrected chi connectivity index (χ1v) is 7.08. The molecular formula is C14H18N2O2S. The van der Waals surface area contributed by atoms with Crippen molar-refractivity contribution in [2.75, 3.05) is 19.8 Å². The van der Waals surface area contributed by atoms with Gasteiger partial charge in [0.15, 0.2) is 0 Å². The second-order valence-electron chi connectivity index (χ2n) is 3.94. The monoisotopic (exact) mass is 278 g/mol. The molecule has 0 unspecified atom stereocenters. The normalized spacial score (nSPS) is 11.1. The summed E-state index contributed by atoms with van der Waals surface area (Å²) in [5, 5.41) is 13.7. The van der Waals surface area contributed by atoms with Gasteiger partial charge >= 0.3 is 0 Å². The van der Waals surface area contributed by atoms with Gasteiger partial charge in [-0.3, -0.25) is 4.79 Å². The van der Waals surface area contributed by atoms with Crippen molar-refractivity contribution >= 4 is 23.3 Å². The third kappa shape index (κ3) is 5.25. The van der Waals surface area contributed by atoms with E-state index in [-0.39, 0.29) is 11.5 Å². The number of hydrogen-bond acceptors (Lipinski definition) is 4. The Morgan fingerprint density at radius 1 is 1.63 bits per heavy atom. The lowest BCUT2D eigenvalue weighted by molar-refractivity contribution is -0.117. The molecule has 0 saturated heterocycles. The van der Waals surface area contributed by atoms with Gasteiger partial charge in [-0.15, -0.1) is 11.3 Å². The Morgan fingerprint density at radius 3 is 3.00 bits per heavy atom. The number of nitrogens with one attached hydrogen (secondary N) is 1. The summed E-state index contributed by atoms with van der Waals surface area (Å²) in [7, 11) is 0. The van der Waals surface area contributed by atoms with Gasteiger partial charge in [0.2, 0.25) is 0 Å². The van der Waals surface area contributed by atoms with Crippen LogP contribution in [-0.4, -0.2) is 25.7 Å². The van der Waals surface area contributed by atoms with E-state index in [0.717, 1.165) is 16.9 Å². The number of aryl methyl sites for hydroxylation is 1. The number of rotatable bonds is 7. The van der Waals surface area contributed by atoms with Crippen molar-refractivity contribution in [3.8, 4) is 6.07 Å². The van der Waals surface area contributed by atoms with E-state index in [1.165, 1.54) is 11.3 Å². The molecule has 5 heteroatoms. The van der Waals surface area contributed by atoms with E-state index in [1.807, 2.05) is 31.4 Å². The van der Waals surface area contributed by atoms with E-state index in [2.05, 4.69) is 5.32 Å². The molecule has 4 nitrogen and oxygen atoms in total. The minimum absolute atomic E-state index is 0.141. The highest BCUT2D eigenvalue weighted by molar-refractivity contribution is 7.11. The van der Waals surface area contributed by atoms with Crippen LogP contribution in [0.15, 0.2) is 17.0 Å². The van der Waals surface area contributed by atoms with Crippen molar-refractivity contribution < 1.29 is 9.53 Å². The average Bonchev–Trinajstić information content (AvgIpc) is 2.81. The molecule has 0 aliphatic rings. The summed E-state index contributed by atoms with van der Waals surface area (Å²) in [4.78, 5) is 12.8. The summed E-state index contributed by atoms with van der Waals surface area (Å²) in [5.74, 6) is -0.327. The highest BCUT2D eigenvalue weighted by Crippen LogP contribution is 2.18. The van der Waals surface area contributed by atoms with Crippen molar-refractivity contribution in [1.82, 2.24) is 5.32 Å². The van der Waals surface area contributed by atoms with Gasteiger partial charge in [0, 0.05) is 24.6 Å². The first-order chi connectivity index (χ1) is 9.19. The van der Waals surface area contributed by atoms with Gasteiger partial charge in [0.1, 0.15) is 11.6 Å². The molecule has 1 aromatic heterocycles. The Hall–Kier alpha value is -1.64. The molecule has 0 spiro atoms. The van der Waals surface area contributed by atoms with E-state index in [0.29, 0.717) is 19.8 Å². The van der Waals surface area contributed by atoms with E-state index in [4.69, 9.17) is 10.00 Å². The number of hydrogen-bond donors (Lipinski definition) is 1. The Morgan fingerprint density at radius 2 is 2.42 bits per heavy atom. The Kier molecular flexibility index (Phi) is 6.86. The number of nitrogens with zero attached hydrogens (tertiary/aromatic N) is 1. The molecule has 0 aliphatic carbocycles. The zero-order valence-corrected chi connectivity index (χ0v) is 12.0. The molecule has 0 saturated carbocycles. The topological polar surface area (TPSA) is 62.1 Å². The number of ether oxygens (including phenoxy) is 1. The van der Waals surface area contributed by atoms with Crippen LogP contribution < -0.4 is 5.32 Å². The maximum atomic E-state index is 11.8. The molecule has 1 rings (SSSR count). The fourth-order valence-electron chi connectivity index (χ4n) is 1.43. The van der Waals surface area contributed by atoms with Crippen LogP contribution in [0, 0.1) is 18.3 Å².